The first kappa shape index (κ1) is 10.8. The molecule has 0 unspecified atom stereocenters. The molecule has 0 aliphatic heterocycles. The molecule has 1 aromatic carbocycles. The van der Waals surface area contributed by atoms with Crippen molar-refractivity contribution in [3.05, 3.63) is 53.5 Å². The Morgan fingerprint density at radius 2 is 2.12 bits per heavy atom. The highest BCUT2D eigenvalue weighted by molar-refractivity contribution is 5.35. The fourth-order valence-corrected chi connectivity index (χ4v) is 1.59. The Balaban J connectivity index is 1.92. The number of hydrogen-bond acceptors (Lipinski definition) is 3. The van der Waals surface area contributed by atoms with E-state index in [1.807, 2.05) is 31.2 Å². The van der Waals surface area contributed by atoms with Crippen LogP contribution in [0.25, 0.3) is 0 Å². The zero-order valence-electron chi connectivity index (χ0n) is 9.23. The van der Waals surface area contributed by atoms with Crippen LogP contribution >= 0.6 is 0 Å². The van der Waals surface area contributed by atoms with Crippen LogP contribution in [0.1, 0.15) is 16.9 Å². The van der Waals surface area contributed by atoms with Crippen molar-refractivity contribution in [1.29, 1.82) is 0 Å². The van der Waals surface area contributed by atoms with Gasteiger partial charge in [-0.1, -0.05) is 17.7 Å². The third-order valence-corrected chi connectivity index (χ3v) is 2.43. The monoisotopic (exact) mass is 217 g/mol. The van der Waals surface area contributed by atoms with Crippen LogP contribution in [-0.4, -0.2) is 5.11 Å². The van der Waals surface area contributed by atoms with Gasteiger partial charge in [0.2, 0.25) is 0 Å². The van der Waals surface area contributed by atoms with E-state index in [-0.39, 0.29) is 0 Å². The van der Waals surface area contributed by atoms with E-state index in [1.54, 1.807) is 12.3 Å². The Hall–Kier alpha value is -1.74. The van der Waals surface area contributed by atoms with E-state index < -0.39 is 0 Å². The molecule has 16 heavy (non-hydrogen) atoms. The van der Waals surface area contributed by atoms with Gasteiger partial charge in [0.05, 0.1) is 12.8 Å². The van der Waals surface area contributed by atoms with Crippen molar-refractivity contribution in [3.8, 4) is 5.75 Å². The second-order valence-electron chi connectivity index (χ2n) is 3.82. The number of rotatable bonds is 4. The standard InChI is InChI=1S/C13H15NO2/c1-10-4-5-13(15)11(7-10)8-14-9-12-3-2-6-16-12/h2-7,14-15H,8-9H2,1H3. The van der Waals surface area contributed by atoms with E-state index >= 15 is 0 Å². The SMILES string of the molecule is Cc1ccc(O)c(CNCc2ccco2)c1. The van der Waals surface area contributed by atoms with Crippen LogP contribution in [0.5, 0.6) is 5.75 Å². The Labute approximate surface area is 94.7 Å². The van der Waals surface area contributed by atoms with Crippen molar-refractivity contribution in [3.63, 3.8) is 0 Å². The molecule has 0 amide bonds. The highest BCUT2D eigenvalue weighted by atomic mass is 16.3. The second-order valence-corrected chi connectivity index (χ2v) is 3.82. The van der Waals surface area contributed by atoms with Crippen LogP contribution in [0, 0.1) is 6.92 Å². The topological polar surface area (TPSA) is 45.4 Å². The average molecular weight is 217 g/mol. The largest absolute Gasteiger partial charge is 0.508 e. The summed E-state index contributed by atoms with van der Waals surface area (Å²) in [5.74, 6) is 1.23. The number of nitrogens with one attached hydrogen (secondary N) is 1. The highest BCUT2D eigenvalue weighted by Gasteiger charge is 2.01. The lowest BCUT2D eigenvalue weighted by atomic mass is 10.1. The number of hydrogen-bond donors (Lipinski definition) is 2. The molecule has 2 N–H and O–H groups in total. The van der Waals surface area contributed by atoms with Gasteiger partial charge < -0.3 is 14.8 Å². The molecule has 0 aliphatic rings. The maximum atomic E-state index is 9.63. The molecule has 2 aromatic rings. The van der Waals surface area contributed by atoms with Crippen molar-refractivity contribution < 1.29 is 9.52 Å². The molecule has 0 radical (unpaired) electrons. The summed E-state index contributed by atoms with van der Waals surface area (Å²) in [6.45, 7) is 3.31. The van der Waals surface area contributed by atoms with Gasteiger partial charge in [0.15, 0.2) is 0 Å². The lowest BCUT2D eigenvalue weighted by molar-refractivity contribution is 0.456. The Morgan fingerprint density at radius 1 is 1.25 bits per heavy atom. The summed E-state index contributed by atoms with van der Waals surface area (Å²) in [6, 6.07) is 9.37. The molecule has 84 valence electrons. The van der Waals surface area contributed by atoms with Gasteiger partial charge >= 0.3 is 0 Å². The van der Waals surface area contributed by atoms with E-state index in [2.05, 4.69) is 5.32 Å². The smallest absolute Gasteiger partial charge is 0.120 e. The van der Waals surface area contributed by atoms with Crippen molar-refractivity contribution in [1.82, 2.24) is 5.32 Å². The first-order valence-corrected chi connectivity index (χ1v) is 5.27. The zero-order chi connectivity index (χ0) is 11.4. The van der Waals surface area contributed by atoms with Gasteiger partial charge in [-0.2, -0.15) is 0 Å². The maximum absolute atomic E-state index is 9.63. The minimum Gasteiger partial charge on any atom is -0.508 e. The van der Waals surface area contributed by atoms with E-state index in [0.717, 1.165) is 16.9 Å². The molecule has 1 aromatic heterocycles. The molecular weight excluding hydrogens is 202 g/mol. The summed E-state index contributed by atoms with van der Waals surface area (Å²) in [6.07, 6.45) is 1.65. The van der Waals surface area contributed by atoms with Crippen molar-refractivity contribution >= 4 is 0 Å². The molecule has 0 saturated heterocycles. The van der Waals surface area contributed by atoms with Crippen LogP contribution in [-0.2, 0) is 13.1 Å². The van der Waals surface area contributed by atoms with Crippen LogP contribution in [0.15, 0.2) is 41.0 Å². The maximum Gasteiger partial charge on any atom is 0.120 e. The lowest BCUT2D eigenvalue weighted by Crippen LogP contribution is -2.12. The summed E-state index contributed by atoms with van der Waals surface area (Å²) in [5, 5.41) is 12.8. The van der Waals surface area contributed by atoms with Crippen LogP contribution < -0.4 is 5.32 Å². The van der Waals surface area contributed by atoms with Gasteiger partial charge in [-0.15, -0.1) is 0 Å². The number of furan rings is 1. The molecule has 0 saturated carbocycles. The molecule has 0 fully saturated rings. The van der Waals surface area contributed by atoms with E-state index in [0.29, 0.717) is 18.8 Å². The van der Waals surface area contributed by atoms with Crippen LogP contribution in [0.2, 0.25) is 0 Å². The van der Waals surface area contributed by atoms with Gasteiger partial charge in [0, 0.05) is 12.1 Å². The fraction of sp³-hybridized carbons (Fsp3) is 0.231. The summed E-state index contributed by atoms with van der Waals surface area (Å²) < 4.78 is 5.20. The Bertz CT molecular complexity index is 449. The molecule has 3 nitrogen and oxygen atoms in total. The molecule has 1 heterocycles. The van der Waals surface area contributed by atoms with Gasteiger partial charge in [0.25, 0.3) is 0 Å². The summed E-state index contributed by atoms with van der Waals surface area (Å²) in [4.78, 5) is 0. The van der Waals surface area contributed by atoms with E-state index in [4.69, 9.17) is 4.42 Å². The summed E-state index contributed by atoms with van der Waals surface area (Å²) in [5.41, 5.74) is 2.05. The van der Waals surface area contributed by atoms with Crippen molar-refractivity contribution in [2.45, 2.75) is 20.0 Å². The third-order valence-electron chi connectivity index (χ3n) is 2.43. The predicted molar refractivity (Wildman–Crippen MR) is 62.1 cm³/mol. The van der Waals surface area contributed by atoms with Gasteiger partial charge in [-0.25, -0.2) is 0 Å². The predicted octanol–water partition coefficient (Wildman–Crippen LogP) is 2.58. The molecule has 0 bridgehead atoms. The molecule has 0 aliphatic carbocycles. The Kier molecular flexibility index (Phi) is 3.27. The van der Waals surface area contributed by atoms with Crippen LogP contribution in [0.3, 0.4) is 0 Å². The second kappa shape index (κ2) is 4.86. The lowest BCUT2D eigenvalue weighted by Gasteiger charge is -2.06. The van der Waals surface area contributed by atoms with Crippen molar-refractivity contribution in [2.75, 3.05) is 0 Å². The van der Waals surface area contributed by atoms with Crippen molar-refractivity contribution in [2.24, 2.45) is 0 Å². The Morgan fingerprint density at radius 3 is 2.88 bits per heavy atom. The zero-order valence-corrected chi connectivity index (χ0v) is 9.23. The normalized spacial score (nSPS) is 10.6. The molecular formula is C13H15NO2. The van der Waals surface area contributed by atoms with Gasteiger partial charge in [0.1, 0.15) is 11.5 Å². The summed E-state index contributed by atoms with van der Waals surface area (Å²) in [7, 11) is 0. The number of benzene rings is 1. The minimum absolute atomic E-state index is 0.331. The first-order chi connectivity index (χ1) is 7.75. The van der Waals surface area contributed by atoms with Gasteiger partial charge in [-0.3, -0.25) is 0 Å². The minimum atomic E-state index is 0.331. The van der Waals surface area contributed by atoms with E-state index in [9.17, 15) is 5.11 Å². The number of aromatic hydroxyl groups is 1. The fourth-order valence-electron chi connectivity index (χ4n) is 1.59. The summed E-state index contributed by atoms with van der Waals surface area (Å²) >= 11 is 0. The highest BCUT2D eigenvalue weighted by Crippen LogP contribution is 2.17. The van der Waals surface area contributed by atoms with Gasteiger partial charge in [-0.05, 0) is 25.1 Å². The van der Waals surface area contributed by atoms with Crippen LogP contribution in [0.4, 0.5) is 0 Å². The number of phenolic OH excluding ortho intramolecular Hbond substituents is 1. The average Bonchev–Trinajstić information content (AvgIpc) is 2.76. The molecule has 3 heteroatoms. The quantitative estimate of drug-likeness (QED) is 0.827. The molecule has 0 spiro atoms. The third kappa shape index (κ3) is 2.64. The number of aryl methyl sites for hydroxylation is 1. The molecule has 2 rings (SSSR count). The van der Waals surface area contributed by atoms with E-state index in [1.165, 1.54) is 0 Å². The first-order valence-electron chi connectivity index (χ1n) is 5.27. The molecule has 0 atom stereocenters. The number of phenols is 1.